The van der Waals surface area contributed by atoms with E-state index in [9.17, 15) is 9.59 Å². The summed E-state index contributed by atoms with van der Waals surface area (Å²) >= 11 is 7.19. The van der Waals surface area contributed by atoms with Gasteiger partial charge < -0.3 is 10.5 Å². The number of thiophene rings is 1. The summed E-state index contributed by atoms with van der Waals surface area (Å²) < 4.78 is 4.98. The second-order valence-electron chi connectivity index (χ2n) is 4.79. The van der Waals surface area contributed by atoms with E-state index in [1.807, 2.05) is 0 Å². The van der Waals surface area contributed by atoms with Gasteiger partial charge in [0.25, 0.3) is 0 Å². The lowest BCUT2D eigenvalue weighted by Gasteiger charge is -2.04. The molecule has 0 unspecified atom stereocenters. The lowest BCUT2D eigenvalue weighted by Crippen LogP contribution is -2.08. The minimum absolute atomic E-state index is 0.0461. The minimum Gasteiger partial charge on any atom is -0.462 e. The van der Waals surface area contributed by atoms with Crippen molar-refractivity contribution in [1.29, 1.82) is 0 Å². The average molecular weight is 362 g/mol. The fourth-order valence-electron chi connectivity index (χ4n) is 2.19. The molecule has 6 nitrogen and oxygen atoms in total. The normalized spacial score (nSPS) is 10.8. The molecule has 0 fully saturated rings. The van der Waals surface area contributed by atoms with Crippen molar-refractivity contribution in [1.82, 2.24) is 9.97 Å². The molecular formula is C16H12ClN3O3S. The molecule has 24 heavy (non-hydrogen) atoms. The Morgan fingerprint density at radius 1 is 1.29 bits per heavy atom. The average Bonchev–Trinajstić information content (AvgIpc) is 2.98. The van der Waals surface area contributed by atoms with Crippen LogP contribution in [0.15, 0.2) is 30.3 Å². The Morgan fingerprint density at radius 2 is 2.04 bits per heavy atom. The van der Waals surface area contributed by atoms with Crippen molar-refractivity contribution < 1.29 is 14.3 Å². The van der Waals surface area contributed by atoms with Crippen LogP contribution in [0.3, 0.4) is 0 Å². The third kappa shape index (κ3) is 2.95. The Labute approximate surface area is 146 Å². The Bertz CT molecular complexity index is 955. The maximum Gasteiger partial charge on any atom is 0.348 e. The van der Waals surface area contributed by atoms with Crippen molar-refractivity contribution in [3.63, 3.8) is 0 Å². The summed E-state index contributed by atoms with van der Waals surface area (Å²) in [5.41, 5.74) is 6.12. The number of fused-ring (bicyclic) bond motifs is 1. The predicted octanol–water partition coefficient (Wildman–Crippen LogP) is 3.33. The first kappa shape index (κ1) is 16.4. The van der Waals surface area contributed by atoms with Crippen molar-refractivity contribution >= 4 is 50.9 Å². The van der Waals surface area contributed by atoms with Gasteiger partial charge in [-0.15, -0.1) is 11.3 Å². The summed E-state index contributed by atoms with van der Waals surface area (Å²) in [5.74, 6) is -0.904. The van der Waals surface area contributed by atoms with Gasteiger partial charge in [0.2, 0.25) is 11.7 Å². The summed E-state index contributed by atoms with van der Waals surface area (Å²) in [6.07, 6.45) is 0. The number of carbonyl (C=O) groups is 2. The Morgan fingerprint density at radius 3 is 2.75 bits per heavy atom. The number of hydrogen-bond acceptors (Lipinski definition) is 7. The van der Waals surface area contributed by atoms with Gasteiger partial charge in [0.1, 0.15) is 15.4 Å². The monoisotopic (exact) mass is 361 g/mol. The van der Waals surface area contributed by atoms with Gasteiger partial charge in [0.05, 0.1) is 11.6 Å². The van der Waals surface area contributed by atoms with Crippen LogP contribution in [-0.4, -0.2) is 28.3 Å². The van der Waals surface area contributed by atoms with Crippen molar-refractivity contribution in [2.45, 2.75) is 6.92 Å². The number of anilines is 1. The molecule has 0 saturated heterocycles. The second kappa shape index (κ2) is 6.54. The van der Waals surface area contributed by atoms with Gasteiger partial charge in [-0.3, -0.25) is 4.79 Å². The molecule has 3 rings (SSSR count). The topological polar surface area (TPSA) is 95.2 Å². The molecule has 2 heterocycles. The van der Waals surface area contributed by atoms with Gasteiger partial charge in [-0.05, 0) is 25.1 Å². The first-order chi connectivity index (χ1) is 11.5. The zero-order chi connectivity index (χ0) is 17.3. The van der Waals surface area contributed by atoms with Gasteiger partial charge in [0.15, 0.2) is 0 Å². The molecule has 2 aromatic heterocycles. The first-order valence-corrected chi connectivity index (χ1v) is 8.24. The maximum atomic E-state index is 12.8. The van der Waals surface area contributed by atoms with E-state index in [1.54, 1.807) is 37.3 Å². The third-order valence-electron chi connectivity index (χ3n) is 3.22. The van der Waals surface area contributed by atoms with Crippen molar-refractivity contribution in [3.8, 4) is 0 Å². The van der Waals surface area contributed by atoms with Crippen LogP contribution in [0.5, 0.6) is 0 Å². The molecule has 0 saturated carbocycles. The molecule has 0 radical (unpaired) electrons. The molecule has 0 aliphatic rings. The van der Waals surface area contributed by atoms with E-state index >= 15 is 0 Å². The molecular weight excluding hydrogens is 350 g/mol. The molecule has 1 aromatic carbocycles. The molecule has 0 atom stereocenters. The molecule has 0 aliphatic carbocycles. The largest absolute Gasteiger partial charge is 0.462 e. The highest BCUT2D eigenvalue weighted by Crippen LogP contribution is 2.29. The van der Waals surface area contributed by atoms with Gasteiger partial charge in [0, 0.05) is 10.9 Å². The van der Waals surface area contributed by atoms with Crippen LogP contribution in [0.25, 0.3) is 10.2 Å². The van der Waals surface area contributed by atoms with Crippen LogP contribution in [0, 0.1) is 0 Å². The van der Waals surface area contributed by atoms with E-state index in [1.165, 1.54) is 0 Å². The molecule has 0 amide bonds. The summed E-state index contributed by atoms with van der Waals surface area (Å²) in [6, 6.07) is 8.20. The smallest absolute Gasteiger partial charge is 0.348 e. The van der Waals surface area contributed by atoms with Crippen LogP contribution in [0.1, 0.15) is 32.6 Å². The fourth-order valence-corrected chi connectivity index (χ4v) is 3.34. The molecule has 8 heteroatoms. The van der Waals surface area contributed by atoms with Crippen LogP contribution < -0.4 is 5.73 Å². The van der Waals surface area contributed by atoms with Crippen LogP contribution in [0.2, 0.25) is 5.02 Å². The lowest BCUT2D eigenvalue weighted by atomic mass is 10.1. The minimum atomic E-state index is -0.477. The number of carbonyl (C=O) groups excluding carboxylic acids is 2. The molecule has 0 bridgehead atoms. The standard InChI is InChI=1S/C16H12ClN3O3S/c1-2-23-15(22)11-7-9-12(19-16(18)20-14(9)24-11)13(21)8-5-3-4-6-10(8)17/h3-7H,2H2,1H3,(H2,18,19,20). The van der Waals surface area contributed by atoms with E-state index < -0.39 is 5.97 Å². The summed E-state index contributed by atoms with van der Waals surface area (Å²) in [4.78, 5) is 33.6. The third-order valence-corrected chi connectivity index (χ3v) is 4.56. The van der Waals surface area contributed by atoms with E-state index in [-0.39, 0.29) is 24.0 Å². The highest BCUT2D eigenvalue weighted by atomic mass is 35.5. The zero-order valence-corrected chi connectivity index (χ0v) is 14.1. The van der Waals surface area contributed by atoms with Crippen molar-refractivity contribution in [2.24, 2.45) is 0 Å². The maximum absolute atomic E-state index is 12.8. The quantitative estimate of drug-likeness (QED) is 0.565. The van der Waals surface area contributed by atoms with Crippen molar-refractivity contribution in [3.05, 3.63) is 51.5 Å². The number of benzene rings is 1. The fraction of sp³-hybridized carbons (Fsp3) is 0.125. The summed E-state index contributed by atoms with van der Waals surface area (Å²) in [7, 11) is 0. The highest BCUT2D eigenvalue weighted by molar-refractivity contribution is 7.20. The molecule has 0 aliphatic heterocycles. The highest BCUT2D eigenvalue weighted by Gasteiger charge is 2.22. The van der Waals surface area contributed by atoms with E-state index in [2.05, 4.69) is 9.97 Å². The molecule has 3 aromatic rings. The number of nitrogens with zero attached hydrogens (tertiary/aromatic N) is 2. The molecule has 2 N–H and O–H groups in total. The molecule has 122 valence electrons. The second-order valence-corrected chi connectivity index (χ2v) is 6.23. The summed E-state index contributed by atoms with van der Waals surface area (Å²) in [5, 5.41) is 0.760. The first-order valence-electron chi connectivity index (χ1n) is 7.04. The number of hydrogen-bond donors (Lipinski definition) is 1. The summed E-state index contributed by atoms with van der Waals surface area (Å²) in [6.45, 7) is 1.97. The zero-order valence-electron chi connectivity index (χ0n) is 12.6. The Hall–Kier alpha value is -2.51. The van der Waals surface area contributed by atoms with Crippen molar-refractivity contribution in [2.75, 3.05) is 12.3 Å². The number of halogens is 1. The lowest BCUT2D eigenvalue weighted by molar-refractivity contribution is 0.0532. The van der Waals surface area contributed by atoms with E-state index in [4.69, 9.17) is 22.1 Å². The Balaban J connectivity index is 2.15. The van der Waals surface area contributed by atoms with E-state index in [0.29, 0.717) is 25.7 Å². The van der Waals surface area contributed by atoms with Gasteiger partial charge in [-0.2, -0.15) is 0 Å². The Kier molecular flexibility index (Phi) is 4.46. The van der Waals surface area contributed by atoms with Crippen LogP contribution in [0.4, 0.5) is 5.95 Å². The number of aromatic nitrogens is 2. The van der Waals surface area contributed by atoms with Gasteiger partial charge >= 0.3 is 5.97 Å². The van der Waals surface area contributed by atoms with E-state index in [0.717, 1.165) is 11.3 Å². The van der Waals surface area contributed by atoms with Gasteiger partial charge in [-0.1, -0.05) is 23.7 Å². The number of ketones is 1. The number of esters is 1. The number of ether oxygens (including phenoxy) is 1. The number of nitrogen functional groups attached to an aromatic ring is 1. The van der Waals surface area contributed by atoms with Crippen LogP contribution in [-0.2, 0) is 4.74 Å². The predicted molar refractivity (Wildman–Crippen MR) is 92.7 cm³/mol. The number of nitrogens with two attached hydrogens (primary N) is 1. The van der Waals surface area contributed by atoms with Gasteiger partial charge in [-0.25, -0.2) is 14.8 Å². The molecule has 0 spiro atoms. The number of rotatable bonds is 4. The van der Waals surface area contributed by atoms with Crippen LogP contribution >= 0.6 is 22.9 Å². The SMILES string of the molecule is CCOC(=O)c1cc2c(C(=O)c3ccccc3Cl)nc(N)nc2s1.